The van der Waals surface area contributed by atoms with Crippen molar-refractivity contribution in [2.24, 2.45) is 0 Å². The first-order valence-electron chi connectivity index (χ1n) is 10.6. The fourth-order valence-corrected chi connectivity index (χ4v) is 4.85. The third kappa shape index (κ3) is 5.65. The lowest BCUT2D eigenvalue weighted by Gasteiger charge is -2.24. The summed E-state index contributed by atoms with van der Waals surface area (Å²) < 4.78 is 5.77. The molecule has 5 N–H and O–H groups in total. The highest BCUT2D eigenvalue weighted by Gasteiger charge is 2.30. The number of nitrogens with one attached hydrogen (secondary N) is 3. The van der Waals surface area contributed by atoms with Crippen molar-refractivity contribution in [2.45, 2.75) is 19.0 Å². The fourth-order valence-electron chi connectivity index (χ4n) is 3.69. The number of carboxylic acid groups (broad SMARTS) is 2. The van der Waals surface area contributed by atoms with Gasteiger partial charge in [0.15, 0.2) is 0 Å². The summed E-state index contributed by atoms with van der Waals surface area (Å²) in [4.78, 5) is 47.6. The van der Waals surface area contributed by atoms with Crippen molar-refractivity contribution in [3.05, 3.63) is 76.2 Å². The van der Waals surface area contributed by atoms with Crippen LogP contribution in [0.5, 0.6) is 11.5 Å². The molecule has 2 heterocycles. The molecule has 0 radical (unpaired) electrons. The smallest absolute Gasteiger partial charge is 0.394 e. The molecular weight excluding hydrogens is 474 g/mol. The van der Waals surface area contributed by atoms with Gasteiger partial charge in [-0.1, -0.05) is 24.3 Å². The van der Waals surface area contributed by atoms with E-state index in [2.05, 4.69) is 16.0 Å². The number of carbonyl (C=O) groups is 4. The minimum Gasteiger partial charge on any atom is -0.478 e. The molecule has 11 heteroatoms. The lowest BCUT2D eigenvalue weighted by molar-refractivity contribution is -0.147. The van der Waals surface area contributed by atoms with Gasteiger partial charge in [-0.05, 0) is 42.3 Å². The number of amides is 2. The topological polar surface area (TPSA) is 154 Å². The van der Waals surface area contributed by atoms with E-state index in [9.17, 15) is 24.3 Å². The van der Waals surface area contributed by atoms with Gasteiger partial charge in [0.05, 0.1) is 5.56 Å². The molecule has 10 nitrogen and oxygen atoms in total. The van der Waals surface area contributed by atoms with Gasteiger partial charge in [-0.3, -0.25) is 9.59 Å². The fraction of sp³-hybridized carbons (Fsp3) is 0.167. The van der Waals surface area contributed by atoms with Crippen molar-refractivity contribution in [1.82, 2.24) is 10.6 Å². The molecule has 2 aromatic carbocycles. The van der Waals surface area contributed by atoms with Crippen LogP contribution < -0.4 is 20.7 Å². The molecule has 0 bridgehead atoms. The zero-order chi connectivity index (χ0) is 24.9. The first kappa shape index (κ1) is 23.9. The molecule has 3 aromatic rings. The number of hydrogen-bond acceptors (Lipinski definition) is 7. The molecule has 2 amide bonds. The number of aliphatic carboxylic acids is 1. The van der Waals surface area contributed by atoms with Gasteiger partial charge in [-0.25, -0.2) is 9.59 Å². The normalized spacial score (nSPS) is 14.5. The van der Waals surface area contributed by atoms with E-state index in [4.69, 9.17) is 9.84 Å². The molecule has 0 unspecified atom stereocenters. The average Bonchev–Trinajstić information content (AvgIpc) is 3.20. The Morgan fingerprint density at radius 1 is 1.03 bits per heavy atom. The van der Waals surface area contributed by atoms with E-state index < -0.39 is 17.8 Å². The Labute approximate surface area is 203 Å². The number of hydrogen-bond donors (Lipinski definition) is 5. The van der Waals surface area contributed by atoms with Crippen LogP contribution in [0.25, 0.3) is 0 Å². The second kappa shape index (κ2) is 10.4. The third-order valence-corrected chi connectivity index (χ3v) is 6.46. The number of thiophene rings is 1. The molecule has 180 valence electrons. The van der Waals surface area contributed by atoms with E-state index >= 15 is 0 Å². The molecule has 1 aromatic heterocycles. The highest BCUT2D eigenvalue weighted by molar-refractivity contribution is 7.17. The van der Waals surface area contributed by atoms with E-state index in [1.165, 1.54) is 0 Å². The Balaban J connectivity index is 1.41. The zero-order valence-electron chi connectivity index (χ0n) is 18.2. The zero-order valence-corrected chi connectivity index (χ0v) is 19.1. The molecule has 0 fully saturated rings. The van der Waals surface area contributed by atoms with Crippen molar-refractivity contribution in [3.8, 4) is 11.5 Å². The summed E-state index contributed by atoms with van der Waals surface area (Å²) in [5.74, 6) is -3.41. The van der Waals surface area contributed by atoms with Crippen molar-refractivity contribution >= 4 is 40.1 Å². The first-order chi connectivity index (χ1) is 16.8. The van der Waals surface area contributed by atoms with E-state index in [-0.39, 0.29) is 35.5 Å². The van der Waals surface area contributed by atoms with Crippen molar-refractivity contribution in [3.63, 3.8) is 0 Å². The van der Waals surface area contributed by atoms with E-state index in [0.717, 1.165) is 11.3 Å². The van der Waals surface area contributed by atoms with Gasteiger partial charge >= 0.3 is 17.8 Å². The highest BCUT2D eigenvalue weighted by atomic mass is 32.1. The summed E-state index contributed by atoms with van der Waals surface area (Å²) in [5.41, 5.74) is 0.804. The van der Waals surface area contributed by atoms with E-state index in [1.807, 2.05) is 30.3 Å². The molecule has 0 spiro atoms. The van der Waals surface area contributed by atoms with Gasteiger partial charge in [-0.15, -0.1) is 11.3 Å². The summed E-state index contributed by atoms with van der Waals surface area (Å²) in [5, 5.41) is 26.7. The maximum atomic E-state index is 12.7. The molecule has 0 saturated heterocycles. The minimum atomic E-state index is -1.70. The predicted octanol–water partition coefficient (Wildman–Crippen LogP) is 2.71. The first-order valence-corrected chi connectivity index (χ1v) is 11.4. The van der Waals surface area contributed by atoms with Gasteiger partial charge in [0.1, 0.15) is 16.5 Å². The Hall–Kier alpha value is -4.22. The molecule has 1 atom stereocenters. The number of aromatic carboxylic acids is 1. The number of para-hydroxylation sites is 1. The van der Waals surface area contributed by atoms with Crippen LogP contribution in [-0.2, 0) is 22.6 Å². The molecule has 0 aliphatic carbocycles. The lowest BCUT2D eigenvalue weighted by Crippen LogP contribution is -2.44. The second-order valence-electron chi connectivity index (χ2n) is 7.71. The van der Waals surface area contributed by atoms with E-state index in [1.54, 1.807) is 24.3 Å². The number of ether oxygens (including phenoxy) is 1. The summed E-state index contributed by atoms with van der Waals surface area (Å²) in [6.45, 7) is 0.553. The molecule has 1 aliphatic rings. The highest BCUT2D eigenvalue weighted by Crippen LogP contribution is 2.36. The summed E-state index contributed by atoms with van der Waals surface area (Å²) >= 11 is 1.02. The molecule has 0 saturated carbocycles. The summed E-state index contributed by atoms with van der Waals surface area (Å²) in [7, 11) is 0. The lowest BCUT2D eigenvalue weighted by atomic mass is 9.98. The number of carboxylic acids is 2. The van der Waals surface area contributed by atoms with Crippen LogP contribution in [0.4, 0.5) is 5.00 Å². The molecule has 1 aliphatic heterocycles. The molecule has 4 rings (SSSR count). The van der Waals surface area contributed by atoms with Crippen LogP contribution in [-0.4, -0.2) is 46.6 Å². The third-order valence-electron chi connectivity index (χ3n) is 5.31. The Morgan fingerprint density at radius 2 is 1.77 bits per heavy atom. The van der Waals surface area contributed by atoms with E-state index in [0.29, 0.717) is 34.0 Å². The van der Waals surface area contributed by atoms with Crippen LogP contribution in [0.3, 0.4) is 0 Å². The quantitative estimate of drug-likeness (QED) is 0.314. The van der Waals surface area contributed by atoms with Crippen LogP contribution in [0.2, 0.25) is 0 Å². The maximum absolute atomic E-state index is 12.7. The predicted molar refractivity (Wildman–Crippen MR) is 127 cm³/mol. The number of fused-ring (bicyclic) bond motifs is 1. The van der Waals surface area contributed by atoms with Gasteiger partial charge < -0.3 is 30.9 Å². The Morgan fingerprint density at radius 3 is 2.49 bits per heavy atom. The Kier molecular flexibility index (Phi) is 7.09. The minimum absolute atomic E-state index is 0.0170. The largest absolute Gasteiger partial charge is 0.478 e. The number of rotatable bonds is 7. The van der Waals surface area contributed by atoms with Crippen LogP contribution in [0.1, 0.15) is 31.2 Å². The van der Waals surface area contributed by atoms with Gasteiger partial charge in [-0.2, -0.15) is 0 Å². The van der Waals surface area contributed by atoms with Gasteiger partial charge in [0.2, 0.25) is 0 Å². The number of carbonyl (C=O) groups excluding carboxylic acids is 2. The second-order valence-corrected chi connectivity index (χ2v) is 8.81. The number of benzene rings is 2. The SMILES string of the molecule is O=C(O)C(=O)Nc1sc2c(c1C(=O)O)C[C@@H](CNC(=O)c1cccc(Oc3ccccc3)c1)NC2. The van der Waals surface area contributed by atoms with Gasteiger partial charge in [0, 0.05) is 29.6 Å². The average molecular weight is 496 g/mol. The molecule has 35 heavy (non-hydrogen) atoms. The van der Waals surface area contributed by atoms with Crippen LogP contribution in [0, 0.1) is 0 Å². The van der Waals surface area contributed by atoms with Crippen LogP contribution in [0.15, 0.2) is 54.6 Å². The summed E-state index contributed by atoms with van der Waals surface area (Å²) in [6.07, 6.45) is 0.286. The van der Waals surface area contributed by atoms with Crippen molar-refractivity contribution in [1.29, 1.82) is 0 Å². The summed E-state index contributed by atoms with van der Waals surface area (Å²) in [6, 6.07) is 15.7. The maximum Gasteiger partial charge on any atom is 0.394 e. The van der Waals surface area contributed by atoms with Crippen molar-refractivity contribution < 1.29 is 34.1 Å². The van der Waals surface area contributed by atoms with Gasteiger partial charge in [0.25, 0.3) is 5.91 Å². The molecular formula is C24H21N3O7S. The Bertz CT molecular complexity index is 1290. The monoisotopic (exact) mass is 495 g/mol. The standard InChI is InChI=1S/C24H21N3O7S/c28-20(13-5-4-8-16(9-13)34-15-6-2-1-3-7-15)26-11-14-10-17-18(12-25-14)35-22(19(17)23(30)31)27-21(29)24(32)33/h1-9,14,25H,10-12H2,(H,26,28)(H,27,29)(H,30,31)(H,32,33)/t14-/m0/s1. The van der Waals surface area contributed by atoms with Crippen molar-refractivity contribution in [2.75, 3.05) is 11.9 Å². The number of anilines is 1. The van der Waals surface area contributed by atoms with Crippen LogP contribution >= 0.6 is 11.3 Å².